The van der Waals surface area contributed by atoms with E-state index >= 15 is 0 Å². The van der Waals surface area contributed by atoms with Crippen LogP contribution in [0.2, 0.25) is 0 Å². The molecule has 0 aliphatic rings. The van der Waals surface area contributed by atoms with Crippen molar-refractivity contribution in [2.24, 2.45) is 0 Å². The predicted octanol–water partition coefficient (Wildman–Crippen LogP) is 3.70. The third kappa shape index (κ3) is 6.75. The second-order valence-corrected chi connectivity index (χ2v) is 6.04. The topological polar surface area (TPSA) is 43.4 Å². The predicted molar refractivity (Wildman–Crippen MR) is 82.1 cm³/mol. The smallest absolute Gasteiger partial charge is 0.306 e. The maximum Gasteiger partial charge on any atom is 0.306 e. The normalized spacial score (nSPS) is 10.3. The summed E-state index contributed by atoms with van der Waals surface area (Å²) in [7, 11) is 0. The average Bonchev–Trinajstić information content (AvgIpc) is 2.39. The van der Waals surface area contributed by atoms with Gasteiger partial charge in [-0.15, -0.1) is 11.8 Å². The summed E-state index contributed by atoms with van der Waals surface area (Å²) in [5, 5.41) is 0. The molecular formula is C16H22O3S. The van der Waals surface area contributed by atoms with Crippen molar-refractivity contribution in [2.45, 2.75) is 44.9 Å². The first-order valence-corrected chi connectivity index (χ1v) is 7.82. The van der Waals surface area contributed by atoms with Crippen LogP contribution >= 0.6 is 11.8 Å². The van der Waals surface area contributed by atoms with Crippen molar-refractivity contribution >= 4 is 23.5 Å². The lowest BCUT2D eigenvalue weighted by Gasteiger charge is -2.06. The lowest BCUT2D eigenvalue weighted by Crippen LogP contribution is -2.07. The SMILES string of the molecule is CC(=O)CCCOC(=O)CCSc1ccc(C)c(C)c1. The number of Topliss-reactive ketones (excluding diaryl/α,β-unsaturated/α-hetero) is 1. The lowest BCUT2D eigenvalue weighted by atomic mass is 10.1. The van der Waals surface area contributed by atoms with E-state index in [1.54, 1.807) is 18.7 Å². The van der Waals surface area contributed by atoms with E-state index in [2.05, 4.69) is 32.0 Å². The molecule has 1 aromatic carbocycles. The summed E-state index contributed by atoms with van der Waals surface area (Å²) in [6, 6.07) is 6.31. The Balaban J connectivity index is 2.18. The van der Waals surface area contributed by atoms with Crippen LogP contribution in [0.3, 0.4) is 0 Å². The minimum Gasteiger partial charge on any atom is -0.466 e. The number of ether oxygens (including phenoxy) is 1. The number of carbonyl (C=O) groups is 2. The molecule has 0 spiro atoms. The molecule has 0 atom stereocenters. The van der Waals surface area contributed by atoms with Gasteiger partial charge in [-0.3, -0.25) is 4.79 Å². The molecule has 0 saturated carbocycles. The van der Waals surface area contributed by atoms with Crippen molar-refractivity contribution < 1.29 is 14.3 Å². The minimum absolute atomic E-state index is 0.131. The average molecular weight is 294 g/mol. The van der Waals surface area contributed by atoms with E-state index in [1.165, 1.54) is 16.0 Å². The van der Waals surface area contributed by atoms with Crippen LogP contribution in [0, 0.1) is 13.8 Å². The number of esters is 1. The number of thioether (sulfide) groups is 1. The molecule has 0 heterocycles. The van der Waals surface area contributed by atoms with Crippen molar-refractivity contribution in [1.82, 2.24) is 0 Å². The summed E-state index contributed by atoms with van der Waals surface area (Å²) in [6.45, 7) is 6.06. The summed E-state index contributed by atoms with van der Waals surface area (Å²) in [5.74, 6) is 0.657. The molecule has 0 saturated heterocycles. The van der Waals surface area contributed by atoms with Gasteiger partial charge < -0.3 is 9.53 Å². The van der Waals surface area contributed by atoms with Crippen LogP contribution in [0.15, 0.2) is 23.1 Å². The largest absolute Gasteiger partial charge is 0.466 e. The Kier molecular flexibility index (Phi) is 7.37. The Morgan fingerprint density at radius 2 is 1.90 bits per heavy atom. The standard InChI is InChI=1S/C16H22O3S/c1-12-6-7-15(11-13(12)2)20-10-8-16(18)19-9-4-5-14(3)17/h6-7,11H,4-5,8-10H2,1-3H3. The number of hydrogen-bond acceptors (Lipinski definition) is 4. The zero-order chi connectivity index (χ0) is 15.0. The van der Waals surface area contributed by atoms with E-state index < -0.39 is 0 Å². The molecule has 1 aromatic rings. The molecule has 0 radical (unpaired) electrons. The van der Waals surface area contributed by atoms with E-state index in [-0.39, 0.29) is 11.8 Å². The highest BCUT2D eigenvalue weighted by molar-refractivity contribution is 7.99. The van der Waals surface area contributed by atoms with Gasteiger partial charge in [0.2, 0.25) is 0 Å². The van der Waals surface area contributed by atoms with Crippen molar-refractivity contribution in [1.29, 1.82) is 0 Å². The van der Waals surface area contributed by atoms with Crippen molar-refractivity contribution in [2.75, 3.05) is 12.4 Å². The van der Waals surface area contributed by atoms with Crippen LogP contribution in [-0.2, 0) is 14.3 Å². The fraction of sp³-hybridized carbons (Fsp3) is 0.500. The fourth-order valence-corrected chi connectivity index (χ4v) is 2.56. The Hall–Kier alpha value is -1.29. The number of benzene rings is 1. The molecule has 0 unspecified atom stereocenters. The van der Waals surface area contributed by atoms with Gasteiger partial charge in [-0.1, -0.05) is 6.07 Å². The highest BCUT2D eigenvalue weighted by Gasteiger charge is 2.04. The highest BCUT2D eigenvalue weighted by Crippen LogP contribution is 2.21. The first-order valence-electron chi connectivity index (χ1n) is 6.84. The van der Waals surface area contributed by atoms with E-state index in [4.69, 9.17) is 4.74 Å². The Bertz CT molecular complexity index is 469. The number of aryl methyl sites for hydroxylation is 2. The van der Waals surface area contributed by atoms with Gasteiger partial charge in [0.05, 0.1) is 13.0 Å². The second-order valence-electron chi connectivity index (χ2n) is 4.87. The van der Waals surface area contributed by atoms with Crippen LogP contribution < -0.4 is 0 Å². The van der Waals surface area contributed by atoms with Crippen LogP contribution in [-0.4, -0.2) is 24.1 Å². The van der Waals surface area contributed by atoms with E-state index in [1.807, 2.05) is 0 Å². The maximum absolute atomic E-state index is 11.5. The second kappa shape index (κ2) is 8.80. The van der Waals surface area contributed by atoms with Gasteiger partial charge in [-0.25, -0.2) is 0 Å². The molecule has 0 aromatic heterocycles. The third-order valence-corrected chi connectivity index (χ3v) is 3.99. The first-order chi connectivity index (χ1) is 9.49. The van der Waals surface area contributed by atoms with E-state index in [0.29, 0.717) is 31.6 Å². The molecular weight excluding hydrogens is 272 g/mol. The first kappa shape index (κ1) is 16.8. The zero-order valence-electron chi connectivity index (χ0n) is 12.4. The summed E-state index contributed by atoms with van der Waals surface area (Å²) in [4.78, 5) is 23.4. The van der Waals surface area contributed by atoms with Crippen LogP contribution in [0.4, 0.5) is 0 Å². The molecule has 0 aliphatic heterocycles. The number of rotatable bonds is 8. The molecule has 0 fully saturated rings. The van der Waals surface area contributed by atoms with E-state index in [0.717, 1.165) is 0 Å². The zero-order valence-corrected chi connectivity index (χ0v) is 13.2. The van der Waals surface area contributed by atoms with Gasteiger partial charge in [-0.05, 0) is 50.5 Å². The van der Waals surface area contributed by atoms with Crippen molar-refractivity contribution in [3.05, 3.63) is 29.3 Å². The quantitative estimate of drug-likeness (QED) is 0.416. The number of ketones is 1. The molecule has 3 nitrogen and oxygen atoms in total. The summed E-state index contributed by atoms with van der Waals surface area (Å²) >= 11 is 1.66. The highest BCUT2D eigenvalue weighted by atomic mass is 32.2. The van der Waals surface area contributed by atoms with Gasteiger partial charge >= 0.3 is 5.97 Å². The monoisotopic (exact) mass is 294 g/mol. The van der Waals surface area contributed by atoms with Gasteiger partial charge in [-0.2, -0.15) is 0 Å². The Morgan fingerprint density at radius 1 is 1.15 bits per heavy atom. The Morgan fingerprint density at radius 3 is 2.55 bits per heavy atom. The molecule has 20 heavy (non-hydrogen) atoms. The molecule has 0 N–H and O–H groups in total. The van der Waals surface area contributed by atoms with Crippen LogP contribution in [0.1, 0.15) is 37.3 Å². The molecule has 110 valence electrons. The molecule has 4 heteroatoms. The van der Waals surface area contributed by atoms with Crippen LogP contribution in [0.5, 0.6) is 0 Å². The molecule has 0 bridgehead atoms. The summed E-state index contributed by atoms with van der Waals surface area (Å²) < 4.78 is 5.07. The lowest BCUT2D eigenvalue weighted by molar-refractivity contribution is -0.143. The van der Waals surface area contributed by atoms with Gasteiger partial charge in [0.1, 0.15) is 5.78 Å². The Labute approximate surface area is 125 Å². The van der Waals surface area contributed by atoms with Crippen molar-refractivity contribution in [3.63, 3.8) is 0 Å². The summed E-state index contributed by atoms with van der Waals surface area (Å²) in [6.07, 6.45) is 1.49. The van der Waals surface area contributed by atoms with Gasteiger partial charge in [0, 0.05) is 17.1 Å². The molecule has 0 amide bonds. The minimum atomic E-state index is -0.190. The van der Waals surface area contributed by atoms with Gasteiger partial charge in [0.25, 0.3) is 0 Å². The summed E-state index contributed by atoms with van der Waals surface area (Å²) in [5.41, 5.74) is 2.54. The van der Waals surface area contributed by atoms with Crippen LogP contribution in [0.25, 0.3) is 0 Å². The number of hydrogen-bond donors (Lipinski definition) is 0. The van der Waals surface area contributed by atoms with Crippen molar-refractivity contribution in [3.8, 4) is 0 Å². The maximum atomic E-state index is 11.5. The van der Waals surface area contributed by atoms with E-state index in [9.17, 15) is 9.59 Å². The van der Waals surface area contributed by atoms with Gasteiger partial charge in [0.15, 0.2) is 0 Å². The number of carbonyl (C=O) groups excluding carboxylic acids is 2. The fourth-order valence-electron chi connectivity index (χ4n) is 1.64. The molecule has 0 aliphatic carbocycles. The molecule has 1 rings (SSSR count). The third-order valence-electron chi connectivity index (χ3n) is 2.99.